The zero-order chi connectivity index (χ0) is 15.5. The molecule has 0 bridgehead atoms. The van der Waals surface area contributed by atoms with Crippen LogP contribution in [-0.4, -0.2) is 48.6 Å². The van der Waals surface area contributed by atoms with Gasteiger partial charge in [-0.3, -0.25) is 9.59 Å². The van der Waals surface area contributed by atoms with Gasteiger partial charge >= 0.3 is 0 Å². The van der Waals surface area contributed by atoms with Crippen molar-refractivity contribution in [1.29, 1.82) is 0 Å². The zero-order valence-corrected chi connectivity index (χ0v) is 13.5. The smallest absolute Gasteiger partial charge is 0.246 e. The van der Waals surface area contributed by atoms with Crippen LogP contribution in [0.3, 0.4) is 0 Å². The van der Waals surface area contributed by atoms with Crippen molar-refractivity contribution >= 4 is 11.8 Å². The van der Waals surface area contributed by atoms with Crippen LogP contribution in [-0.2, 0) is 14.3 Å². The maximum Gasteiger partial charge on any atom is 0.246 e. The van der Waals surface area contributed by atoms with Crippen molar-refractivity contribution in [2.75, 3.05) is 13.7 Å². The minimum atomic E-state index is -0.426. The number of piperazine rings is 1. The molecule has 1 saturated heterocycles. The van der Waals surface area contributed by atoms with Crippen molar-refractivity contribution in [3.8, 4) is 0 Å². The Kier molecular flexibility index (Phi) is 5.57. The first kappa shape index (κ1) is 17.0. The fourth-order valence-corrected chi connectivity index (χ4v) is 2.73. The fourth-order valence-electron chi connectivity index (χ4n) is 2.73. The SMILES string of the molecule is CCC1NC(=O)C(C(C)(C)C)N(C(C)CCOC)C1=O. The van der Waals surface area contributed by atoms with Gasteiger partial charge in [0.15, 0.2) is 0 Å². The third kappa shape index (κ3) is 3.51. The second kappa shape index (κ2) is 6.57. The molecule has 2 amide bonds. The molecule has 3 unspecified atom stereocenters. The molecular weight excluding hydrogens is 256 g/mol. The molecule has 0 spiro atoms. The number of amides is 2. The largest absolute Gasteiger partial charge is 0.385 e. The molecule has 1 aliphatic rings. The van der Waals surface area contributed by atoms with Gasteiger partial charge in [0, 0.05) is 19.8 Å². The van der Waals surface area contributed by atoms with Gasteiger partial charge in [-0.25, -0.2) is 0 Å². The number of carbonyl (C=O) groups excluding carboxylic acids is 2. The molecule has 0 aliphatic carbocycles. The van der Waals surface area contributed by atoms with Crippen LogP contribution in [0.25, 0.3) is 0 Å². The van der Waals surface area contributed by atoms with Crippen LogP contribution < -0.4 is 5.32 Å². The summed E-state index contributed by atoms with van der Waals surface area (Å²) in [5, 5.41) is 2.85. The summed E-state index contributed by atoms with van der Waals surface area (Å²) in [5.74, 6) is -0.0242. The lowest BCUT2D eigenvalue weighted by atomic mass is 9.82. The zero-order valence-electron chi connectivity index (χ0n) is 13.5. The number of nitrogens with zero attached hydrogens (tertiary/aromatic N) is 1. The van der Waals surface area contributed by atoms with E-state index in [1.165, 1.54) is 0 Å². The highest BCUT2D eigenvalue weighted by atomic mass is 16.5. The van der Waals surface area contributed by atoms with Crippen LogP contribution >= 0.6 is 0 Å². The van der Waals surface area contributed by atoms with Gasteiger partial charge < -0.3 is 15.0 Å². The molecule has 1 rings (SSSR count). The van der Waals surface area contributed by atoms with Crippen molar-refractivity contribution in [1.82, 2.24) is 10.2 Å². The van der Waals surface area contributed by atoms with Crippen molar-refractivity contribution in [2.45, 2.75) is 65.6 Å². The van der Waals surface area contributed by atoms with Crippen molar-refractivity contribution in [3.63, 3.8) is 0 Å². The summed E-state index contributed by atoms with van der Waals surface area (Å²) in [5.41, 5.74) is -0.292. The van der Waals surface area contributed by atoms with Gasteiger partial charge in [-0.2, -0.15) is 0 Å². The molecular formula is C15H28N2O3. The fraction of sp³-hybridized carbons (Fsp3) is 0.867. The quantitative estimate of drug-likeness (QED) is 0.833. The van der Waals surface area contributed by atoms with E-state index in [9.17, 15) is 9.59 Å². The first-order valence-electron chi connectivity index (χ1n) is 7.35. The summed E-state index contributed by atoms with van der Waals surface area (Å²) in [7, 11) is 1.65. The Morgan fingerprint density at radius 2 is 1.95 bits per heavy atom. The van der Waals surface area contributed by atoms with E-state index in [0.717, 1.165) is 6.42 Å². The molecule has 5 nitrogen and oxygen atoms in total. The van der Waals surface area contributed by atoms with Gasteiger partial charge in [0.2, 0.25) is 11.8 Å². The van der Waals surface area contributed by atoms with E-state index >= 15 is 0 Å². The van der Waals surface area contributed by atoms with Gasteiger partial charge in [0.1, 0.15) is 12.1 Å². The third-order valence-electron chi connectivity index (χ3n) is 3.84. The summed E-state index contributed by atoms with van der Waals surface area (Å²) >= 11 is 0. The number of ether oxygens (including phenoxy) is 1. The monoisotopic (exact) mass is 284 g/mol. The van der Waals surface area contributed by atoms with E-state index < -0.39 is 12.1 Å². The maximum atomic E-state index is 12.6. The average molecular weight is 284 g/mol. The first-order chi connectivity index (χ1) is 9.23. The Morgan fingerprint density at radius 1 is 1.35 bits per heavy atom. The Morgan fingerprint density at radius 3 is 2.40 bits per heavy atom. The normalized spacial score (nSPS) is 25.6. The number of hydrogen-bond acceptors (Lipinski definition) is 3. The Labute approximate surface area is 122 Å². The van der Waals surface area contributed by atoms with Crippen LogP contribution in [0.5, 0.6) is 0 Å². The maximum absolute atomic E-state index is 12.6. The molecule has 0 aromatic carbocycles. The molecule has 1 heterocycles. The molecule has 1 N–H and O–H groups in total. The molecule has 1 fully saturated rings. The summed E-state index contributed by atoms with van der Waals surface area (Å²) in [4.78, 5) is 26.8. The van der Waals surface area contributed by atoms with E-state index in [4.69, 9.17) is 4.74 Å². The van der Waals surface area contributed by atoms with E-state index in [2.05, 4.69) is 5.32 Å². The molecule has 1 aliphatic heterocycles. The molecule has 0 radical (unpaired) electrons. The van der Waals surface area contributed by atoms with E-state index in [1.54, 1.807) is 12.0 Å². The number of hydrogen-bond donors (Lipinski definition) is 1. The average Bonchev–Trinajstić information content (AvgIpc) is 2.36. The number of nitrogens with one attached hydrogen (secondary N) is 1. The van der Waals surface area contributed by atoms with Gasteiger partial charge in [-0.1, -0.05) is 27.7 Å². The highest BCUT2D eigenvalue weighted by Gasteiger charge is 2.47. The van der Waals surface area contributed by atoms with Crippen LogP contribution in [0.1, 0.15) is 47.5 Å². The van der Waals surface area contributed by atoms with E-state index in [-0.39, 0.29) is 23.3 Å². The highest BCUT2D eigenvalue weighted by Crippen LogP contribution is 2.30. The number of carbonyl (C=O) groups is 2. The molecule has 5 heteroatoms. The minimum Gasteiger partial charge on any atom is -0.385 e. The van der Waals surface area contributed by atoms with E-state index in [0.29, 0.717) is 13.0 Å². The third-order valence-corrected chi connectivity index (χ3v) is 3.84. The number of rotatable bonds is 5. The Hall–Kier alpha value is -1.10. The Balaban J connectivity index is 3.06. The molecule has 0 aromatic rings. The van der Waals surface area contributed by atoms with E-state index in [1.807, 2.05) is 34.6 Å². The van der Waals surface area contributed by atoms with Crippen LogP contribution in [0, 0.1) is 5.41 Å². The van der Waals surface area contributed by atoms with Crippen molar-refractivity contribution in [3.05, 3.63) is 0 Å². The highest BCUT2D eigenvalue weighted by molar-refractivity contribution is 5.97. The van der Waals surface area contributed by atoms with Gasteiger partial charge in [-0.15, -0.1) is 0 Å². The summed E-state index contributed by atoms with van der Waals surface area (Å²) in [6.07, 6.45) is 1.35. The molecule has 0 aromatic heterocycles. The molecule has 0 saturated carbocycles. The minimum absolute atomic E-state index is 0.00762. The summed E-state index contributed by atoms with van der Waals surface area (Å²) in [6, 6.07) is -0.831. The second-order valence-corrected chi connectivity index (χ2v) is 6.61. The molecule has 3 atom stereocenters. The van der Waals surface area contributed by atoms with Gasteiger partial charge in [0.05, 0.1) is 0 Å². The lowest BCUT2D eigenvalue weighted by Gasteiger charge is -2.47. The topological polar surface area (TPSA) is 58.6 Å². The van der Waals surface area contributed by atoms with Crippen LogP contribution in [0.4, 0.5) is 0 Å². The molecule has 20 heavy (non-hydrogen) atoms. The lowest BCUT2D eigenvalue weighted by molar-refractivity contribution is -0.157. The molecule has 116 valence electrons. The van der Waals surface area contributed by atoms with Gasteiger partial charge in [0.25, 0.3) is 0 Å². The Bertz CT molecular complexity index is 363. The second-order valence-electron chi connectivity index (χ2n) is 6.61. The predicted molar refractivity (Wildman–Crippen MR) is 78.3 cm³/mol. The van der Waals surface area contributed by atoms with Crippen molar-refractivity contribution < 1.29 is 14.3 Å². The lowest BCUT2D eigenvalue weighted by Crippen LogP contribution is -2.68. The predicted octanol–water partition coefficient (Wildman–Crippen LogP) is 1.56. The summed E-state index contributed by atoms with van der Waals surface area (Å²) < 4.78 is 5.10. The standard InChI is InChI=1S/C15H28N2O3/c1-7-11-14(19)17(10(2)8-9-20-6)12(13(18)16-11)15(3,4)5/h10-12H,7-9H2,1-6H3,(H,16,18). The van der Waals surface area contributed by atoms with Crippen molar-refractivity contribution in [2.24, 2.45) is 5.41 Å². The summed E-state index contributed by atoms with van der Waals surface area (Å²) in [6.45, 7) is 10.5. The van der Waals surface area contributed by atoms with Crippen LogP contribution in [0.2, 0.25) is 0 Å². The van der Waals surface area contributed by atoms with Gasteiger partial charge in [-0.05, 0) is 25.2 Å². The number of methoxy groups -OCH3 is 1. The first-order valence-corrected chi connectivity index (χ1v) is 7.35. The van der Waals surface area contributed by atoms with Crippen LogP contribution in [0.15, 0.2) is 0 Å².